The lowest BCUT2D eigenvalue weighted by Gasteiger charge is -2.18. The summed E-state index contributed by atoms with van der Waals surface area (Å²) in [6.45, 7) is 4.63. The number of rotatable bonds is 10. The Kier molecular flexibility index (Phi) is 8.85. The molecular formula is C21H26ClN3O5S. The van der Waals surface area contributed by atoms with Crippen LogP contribution in [0.5, 0.6) is 5.75 Å². The molecule has 2 N–H and O–H groups in total. The molecule has 0 unspecified atom stereocenters. The summed E-state index contributed by atoms with van der Waals surface area (Å²) in [6.07, 6.45) is 0. The third-order valence-electron chi connectivity index (χ3n) is 4.61. The van der Waals surface area contributed by atoms with Crippen LogP contribution in [0.2, 0.25) is 5.02 Å². The molecule has 0 aromatic heterocycles. The van der Waals surface area contributed by atoms with E-state index in [1.165, 1.54) is 25.3 Å². The van der Waals surface area contributed by atoms with Gasteiger partial charge in [-0.3, -0.25) is 9.59 Å². The van der Waals surface area contributed by atoms with Crippen LogP contribution in [0.25, 0.3) is 0 Å². The summed E-state index contributed by atoms with van der Waals surface area (Å²) in [7, 11) is -2.64. The topological polar surface area (TPSA) is 105 Å². The van der Waals surface area contributed by atoms with E-state index < -0.39 is 15.9 Å². The smallest absolute Gasteiger partial charge is 0.251 e. The standard InChI is InChI=1S/C21H26ClN3O5S/c1-4-25(5-2)20(26)14-23-21(27)16-8-11-18(30-3)19(12-16)31(28,29)24-13-15-6-9-17(22)10-7-15/h6-12,24H,4-5,13-14H2,1-3H3,(H,23,27). The van der Waals surface area contributed by atoms with Crippen LogP contribution in [-0.4, -0.2) is 51.9 Å². The maximum atomic E-state index is 12.9. The molecule has 2 aromatic carbocycles. The van der Waals surface area contributed by atoms with Gasteiger partial charge in [-0.15, -0.1) is 0 Å². The quantitative estimate of drug-likeness (QED) is 0.558. The van der Waals surface area contributed by atoms with Gasteiger partial charge < -0.3 is 15.0 Å². The zero-order valence-electron chi connectivity index (χ0n) is 17.6. The second-order valence-electron chi connectivity index (χ2n) is 6.57. The molecule has 2 amide bonds. The van der Waals surface area contributed by atoms with Gasteiger partial charge in [0.1, 0.15) is 10.6 Å². The fourth-order valence-electron chi connectivity index (χ4n) is 2.83. The first-order valence-electron chi connectivity index (χ1n) is 9.70. The number of nitrogens with one attached hydrogen (secondary N) is 2. The van der Waals surface area contributed by atoms with E-state index in [1.807, 2.05) is 13.8 Å². The first-order chi connectivity index (χ1) is 14.7. The minimum absolute atomic E-state index is 0.0391. The van der Waals surface area contributed by atoms with Crippen molar-refractivity contribution in [3.63, 3.8) is 0 Å². The van der Waals surface area contributed by atoms with Crippen LogP contribution in [0.4, 0.5) is 0 Å². The molecule has 8 nitrogen and oxygen atoms in total. The highest BCUT2D eigenvalue weighted by Crippen LogP contribution is 2.25. The Morgan fingerprint density at radius 3 is 2.29 bits per heavy atom. The number of hydrogen-bond acceptors (Lipinski definition) is 5. The van der Waals surface area contributed by atoms with Crippen molar-refractivity contribution < 1.29 is 22.7 Å². The van der Waals surface area contributed by atoms with Gasteiger partial charge in [-0.25, -0.2) is 13.1 Å². The molecule has 0 saturated heterocycles. The molecule has 0 bridgehead atoms. The molecule has 0 aliphatic rings. The Hall–Kier alpha value is -2.62. The molecule has 0 spiro atoms. The minimum Gasteiger partial charge on any atom is -0.495 e. The van der Waals surface area contributed by atoms with Crippen molar-refractivity contribution in [2.75, 3.05) is 26.7 Å². The van der Waals surface area contributed by atoms with Gasteiger partial charge in [0.2, 0.25) is 15.9 Å². The highest BCUT2D eigenvalue weighted by molar-refractivity contribution is 7.89. The van der Waals surface area contributed by atoms with Crippen molar-refractivity contribution in [1.29, 1.82) is 0 Å². The van der Waals surface area contributed by atoms with Crippen LogP contribution in [0.3, 0.4) is 0 Å². The van der Waals surface area contributed by atoms with Crippen molar-refractivity contribution in [3.05, 3.63) is 58.6 Å². The largest absolute Gasteiger partial charge is 0.495 e. The van der Waals surface area contributed by atoms with E-state index in [2.05, 4.69) is 10.0 Å². The number of halogens is 1. The normalized spacial score (nSPS) is 11.1. The molecule has 0 aliphatic carbocycles. The van der Waals surface area contributed by atoms with Crippen molar-refractivity contribution in [1.82, 2.24) is 14.9 Å². The van der Waals surface area contributed by atoms with E-state index in [1.54, 1.807) is 29.2 Å². The van der Waals surface area contributed by atoms with Gasteiger partial charge in [-0.1, -0.05) is 23.7 Å². The van der Waals surface area contributed by atoms with Crippen molar-refractivity contribution in [3.8, 4) is 5.75 Å². The van der Waals surface area contributed by atoms with Gasteiger partial charge >= 0.3 is 0 Å². The van der Waals surface area contributed by atoms with Crippen LogP contribution >= 0.6 is 11.6 Å². The van der Waals surface area contributed by atoms with E-state index >= 15 is 0 Å². The maximum Gasteiger partial charge on any atom is 0.251 e. The lowest BCUT2D eigenvalue weighted by Crippen LogP contribution is -2.40. The SMILES string of the molecule is CCN(CC)C(=O)CNC(=O)c1ccc(OC)c(S(=O)(=O)NCc2ccc(Cl)cc2)c1. The number of amides is 2. The zero-order chi connectivity index (χ0) is 23.0. The van der Waals surface area contributed by atoms with E-state index in [9.17, 15) is 18.0 Å². The molecular weight excluding hydrogens is 442 g/mol. The van der Waals surface area contributed by atoms with Crippen LogP contribution in [0, 0.1) is 0 Å². The molecule has 0 aliphatic heterocycles. The molecule has 0 heterocycles. The number of nitrogens with zero attached hydrogens (tertiary/aromatic N) is 1. The average molecular weight is 468 g/mol. The van der Waals surface area contributed by atoms with Gasteiger partial charge in [0.25, 0.3) is 5.91 Å². The predicted octanol–water partition coefficient (Wildman–Crippen LogP) is 2.43. The summed E-state index contributed by atoms with van der Waals surface area (Å²) in [6, 6.07) is 10.8. The lowest BCUT2D eigenvalue weighted by molar-refractivity contribution is -0.129. The molecule has 0 fully saturated rings. The average Bonchev–Trinajstić information content (AvgIpc) is 2.77. The molecule has 0 atom stereocenters. The fourth-order valence-corrected chi connectivity index (χ4v) is 4.17. The summed E-state index contributed by atoms with van der Waals surface area (Å²) < 4.78 is 33.4. The summed E-state index contributed by atoms with van der Waals surface area (Å²) in [5, 5.41) is 3.08. The zero-order valence-corrected chi connectivity index (χ0v) is 19.2. The van der Waals surface area contributed by atoms with Gasteiger partial charge in [-0.05, 0) is 49.7 Å². The van der Waals surface area contributed by atoms with Crippen LogP contribution < -0.4 is 14.8 Å². The Bertz CT molecular complexity index is 1020. The third kappa shape index (κ3) is 6.68. The highest BCUT2D eigenvalue weighted by Gasteiger charge is 2.22. The highest BCUT2D eigenvalue weighted by atomic mass is 35.5. The van der Waals surface area contributed by atoms with Crippen molar-refractivity contribution >= 4 is 33.4 Å². The first-order valence-corrected chi connectivity index (χ1v) is 11.6. The molecule has 2 aromatic rings. The fraction of sp³-hybridized carbons (Fsp3) is 0.333. The second-order valence-corrected chi connectivity index (χ2v) is 8.74. The number of ether oxygens (including phenoxy) is 1. The maximum absolute atomic E-state index is 12.9. The number of sulfonamides is 1. The summed E-state index contributed by atoms with van der Waals surface area (Å²) in [5.41, 5.74) is 0.816. The Balaban J connectivity index is 2.17. The molecule has 2 rings (SSSR count). The van der Waals surface area contributed by atoms with Gasteiger partial charge in [0.05, 0.1) is 13.7 Å². The molecule has 10 heteroatoms. The number of methoxy groups -OCH3 is 1. The van der Waals surface area contributed by atoms with Gasteiger partial charge in [-0.2, -0.15) is 0 Å². The number of hydrogen-bond donors (Lipinski definition) is 2. The minimum atomic E-state index is -3.98. The van der Waals surface area contributed by atoms with Crippen molar-refractivity contribution in [2.45, 2.75) is 25.3 Å². The van der Waals surface area contributed by atoms with Crippen molar-refractivity contribution in [2.24, 2.45) is 0 Å². The van der Waals surface area contributed by atoms with E-state index in [-0.39, 0.29) is 35.2 Å². The van der Waals surface area contributed by atoms with Gasteiger partial charge in [0, 0.05) is 30.2 Å². The van der Waals surface area contributed by atoms with Crippen LogP contribution in [0.1, 0.15) is 29.8 Å². The number of benzene rings is 2. The molecule has 0 radical (unpaired) electrons. The number of likely N-dealkylation sites (N-methyl/N-ethyl adjacent to an activating group) is 1. The summed E-state index contributed by atoms with van der Waals surface area (Å²) in [4.78, 5) is 26.0. The summed E-state index contributed by atoms with van der Waals surface area (Å²) >= 11 is 5.85. The van der Waals surface area contributed by atoms with Gasteiger partial charge in [0.15, 0.2) is 0 Å². The Morgan fingerprint density at radius 1 is 1.06 bits per heavy atom. The Morgan fingerprint density at radius 2 is 1.71 bits per heavy atom. The first kappa shape index (κ1) is 24.6. The molecule has 168 valence electrons. The second kappa shape index (κ2) is 11.1. The number of carbonyl (C=O) groups is 2. The summed E-state index contributed by atoms with van der Waals surface area (Å²) in [5.74, 6) is -0.680. The Labute approximate surface area is 187 Å². The third-order valence-corrected chi connectivity index (χ3v) is 6.29. The van der Waals surface area contributed by atoms with Crippen LogP contribution in [0.15, 0.2) is 47.4 Å². The lowest BCUT2D eigenvalue weighted by atomic mass is 10.2. The van der Waals surface area contributed by atoms with E-state index in [0.717, 1.165) is 5.56 Å². The number of carbonyl (C=O) groups excluding carboxylic acids is 2. The monoisotopic (exact) mass is 467 g/mol. The molecule has 0 saturated carbocycles. The van der Waals surface area contributed by atoms with E-state index in [0.29, 0.717) is 18.1 Å². The molecule has 31 heavy (non-hydrogen) atoms. The van der Waals surface area contributed by atoms with Crippen LogP contribution in [-0.2, 0) is 21.4 Å². The van der Waals surface area contributed by atoms with E-state index in [4.69, 9.17) is 16.3 Å². The predicted molar refractivity (Wildman–Crippen MR) is 119 cm³/mol.